The summed E-state index contributed by atoms with van der Waals surface area (Å²) in [6.07, 6.45) is 0. The average Bonchev–Trinajstić information content (AvgIpc) is 3.12. The summed E-state index contributed by atoms with van der Waals surface area (Å²) >= 11 is 13.5. The van der Waals surface area contributed by atoms with Crippen LogP contribution < -0.4 is 5.73 Å². The minimum Gasteiger partial charge on any atom is -0.508 e. The van der Waals surface area contributed by atoms with E-state index in [9.17, 15) is 36.2 Å². The number of halogens is 2. The van der Waals surface area contributed by atoms with Gasteiger partial charge in [-0.25, -0.2) is 0 Å². The first kappa shape index (κ1) is 38.3. The molecule has 0 aliphatic carbocycles. The molecular weight excluding hydrogens is 802 g/mol. The van der Waals surface area contributed by atoms with Gasteiger partial charge in [-0.3, -0.25) is 9.11 Å². The lowest BCUT2D eigenvalue weighted by Gasteiger charge is -2.14. The summed E-state index contributed by atoms with van der Waals surface area (Å²) in [6, 6.07) is 26.0. The van der Waals surface area contributed by atoms with E-state index < -0.39 is 52.8 Å². The van der Waals surface area contributed by atoms with Gasteiger partial charge in [-0.05, 0) is 109 Å². The van der Waals surface area contributed by atoms with Crippen LogP contribution in [-0.2, 0) is 20.2 Å². The number of phenols is 2. The summed E-state index contributed by atoms with van der Waals surface area (Å²) in [5.41, 5.74) is 5.81. The van der Waals surface area contributed by atoms with Crippen molar-refractivity contribution in [3.8, 4) is 11.5 Å². The van der Waals surface area contributed by atoms with Gasteiger partial charge in [0.05, 0.1) is 33.2 Å². The number of fused-ring (bicyclic) bond motifs is 1. The SMILES string of the molecule is Nc1c(/N=N/c2cc(Cl)ccc2Cl)c(S(=O)(=O)O)cc2cc(S(=O)(=O)O)c(/N=N/c3ccc(Sc4ccc(/N=N/c5ccc(O)cc5)cc4)cc3)c(O)c12. The number of phenolic OH excluding ortho intramolecular Hbond substituents is 2. The molecule has 0 heterocycles. The number of benzene rings is 6. The van der Waals surface area contributed by atoms with Crippen LogP contribution in [0.2, 0.25) is 10.0 Å². The van der Waals surface area contributed by atoms with Crippen molar-refractivity contribution >= 4 is 106 Å². The highest BCUT2D eigenvalue weighted by molar-refractivity contribution is 7.99. The van der Waals surface area contributed by atoms with E-state index in [0.717, 1.165) is 21.9 Å². The van der Waals surface area contributed by atoms with Gasteiger partial charge in [-0.2, -0.15) is 32.2 Å². The topological polar surface area (TPSA) is 249 Å². The number of hydrogen-bond donors (Lipinski definition) is 5. The van der Waals surface area contributed by atoms with Crippen molar-refractivity contribution in [1.29, 1.82) is 0 Å². The Morgan fingerprint density at radius 3 is 1.56 bits per heavy atom. The van der Waals surface area contributed by atoms with E-state index in [1.165, 1.54) is 42.1 Å². The minimum absolute atomic E-state index is 0.0122. The third kappa shape index (κ3) is 8.83. The van der Waals surface area contributed by atoms with Gasteiger partial charge in [0, 0.05) is 14.8 Å². The van der Waals surface area contributed by atoms with Crippen LogP contribution in [0.15, 0.2) is 153 Å². The van der Waals surface area contributed by atoms with Crippen LogP contribution in [0.1, 0.15) is 0 Å². The fourth-order valence-electron chi connectivity index (χ4n) is 4.81. The normalized spacial score (nSPS) is 12.4. The van der Waals surface area contributed by atoms with Crippen molar-refractivity contribution in [3.63, 3.8) is 0 Å². The van der Waals surface area contributed by atoms with E-state index in [1.807, 2.05) is 12.1 Å². The van der Waals surface area contributed by atoms with Gasteiger partial charge in [0.1, 0.15) is 32.6 Å². The van der Waals surface area contributed by atoms with Gasteiger partial charge in [0.25, 0.3) is 20.2 Å². The summed E-state index contributed by atoms with van der Waals surface area (Å²) in [5.74, 6) is -0.774. The molecule has 0 saturated heterocycles. The number of rotatable bonds is 10. The van der Waals surface area contributed by atoms with Gasteiger partial charge < -0.3 is 15.9 Å². The van der Waals surface area contributed by atoms with Gasteiger partial charge in [-0.15, -0.1) is 15.3 Å². The van der Waals surface area contributed by atoms with E-state index >= 15 is 0 Å². The van der Waals surface area contributed by atoms with Crippen LogP contribution in [-0.4, -0.2) is 36.2 Å². The zero-order valence-electron chi connectivity index (χ0n) is 27.0. The maximum absolute atomic E-state index is 12.4. The number of aromatic hydroxyl groups is 2. The molecule has 0 amide bonds. The van der Waals surface area contributed by atoms with Gasteiger partial charge in [0.15, 0.2) is 5.75 Å². The second-order valence-electron chi connectivity index (χ2n) is 11.1. The molecule has 6 N–H and O–H groups in total. The lowest BCUT2D eigenvalue weighted by molar-refractivity contribution is 0.472. The molecule has 6 aromatic carbocycles. The van der Waals surface area contributed by atoms with Crippen LogP contribution in [0.3, 0.4) is 0 Å². The standard InChI is InChI=1S/C34H23Cl2N7O8S3/c35-19-1-14-26(36)27(17-19)41-42-32-28(53(46,47)48)15-18-16-29(54(49,50)51)33(34(45)30(18)31(32)37)43-40-22-6-12-25(13-7-22)52-24-10-4-21(5-11-24)39-38-20-2-8-23(44)9-3-20/h1-17,44-45H,37H2,(H,46,47,48)(H,49,50,51)/b39-38+,42-41+,43-40+. The molecule has 0 spiro atoms. The second kappa shape index (κ2) is 15.5. The van der Waals surface area contributed by atoms with E-state index in [1.54, 1.807) is 48.5 Å². The summed E-state index contributed by atoms with van der Waals surface area (Å²) in [6.45, 7) is 0. The zero-order chi connectivity index (χ0) is 38.8. The molecule has 0 saturated carbocycles. The molecule has 20 heteroatoms. The molecule has 0 aliphatic rings. The molecule has 6 aromatic rings. The van der Waals surface area contributed by atoms with Crippen LogP contribution >= 0.6 is 35.0 Å². The van der Waals surface area contributed by atoms with Crippen LogP contribution in [0.25, 0.3) is 10.8 Å². The number of nitrogen functional groups attached to an aromatic ring is 1. The van der Waals surface area contributed by atoms with E-state index in [2.05, 4.69) is 30.7 Å². The third-order valence-electron chi connectivity index (χ3n) is 7.34. The van der Waals surface area contributed by atoms with Crippen LogP contribution in [0.4, 0.5) is 39.8 Å². The molecule has 0 fully saturated rings. The molecule has 0 unspecified atom stereocenters. The van der Waals surface area contributed by atoms with Crippen LogP contribution in [0.5, 0.6) is 11.5 Å². The predicted molar refractivity (Wildman–Crippen MR) is 204 cm³/mol. The van der Waals surface area contributed by atoms with Gasteiger partial charge in [0.2, 0.25) is 0 Å². The maximum Gasteiger partial charge on any atom is 0.296 e. The fourth-order valence-corrected chi connectivity index (χ4v) is 7.28. The molecule has 0 atom stereocenters. The molecule has 274 valence electrons. The Hall–Kier alpha value is -5.47. The van der Waals surface area contributed by atoms with Crippen LogP contribution in [0, 0.1) is 0 Å². The molecule has 0 aliphatic heterocycles. The van der Waals surface area contributed by atoms with E-state index in [-0.39, 0.29) is 37.9 Å². The highest BCUT2D eigenvalue weighted by Crippen LogP contribution is 2.48. The van der Waals surface area contributed by atoms with Crippen molar-refractivity contribution < 1.29 is 36.2 Å². The Balaban J connectivity index is 1.30. The molecule has 54 heavy (non-hydrogen) atoms. The van der Waals surface area contributed by atoms with Crippen molar-refractivity contribution in [2.24, 2.45) is 30.7 Å². The third-order valence-corrected chi connectivity index (χ3v) is 10.6. The van der Waals surface area contributed by atoms with Gasteiger partial charge in [-0.1, -0.05) is 35.0 Å². The Bertz CT molecular complexity index is 2730. The minimum atomic E-state index is -5.10. The van der Waals surface area contributed by atoms with Gasteiger partial charge >= 0.3 is 0 Å². The monoisotopic (exact) mass is 823 g/mol. The lowest BCUT2D eigenvalue weighted by atomic mass is 10.1. The lowest BCUT2D eigenvalue weighted by Crippen LogP contribution is -2.03. The highest BCUT2D eigenvalue weighted by atomic mass is 35.5. The Morgan fingerprint density at radius 1 is 0.574 bits per heavy atom. The number of nitrogens with two attached hydrogens (primary N) is 1. The quantitative estimate of drug-likeness (QED) is 0.0496. The van der Waals surface area contributed by atoms with Crippen molar-refractivity contribution in [1.82, 2.24) is 0 Å². The predicted octanol–water partition coefficient (Wildman–Crippen LogP) is 11.0. The number of azo groups is 3. The molecule has 0 bridgehead atoms. The molecule has 0 radical (unpaired) electrons. The number of hydrogen-bond acceptors (Lipinski definition) is 14. The first-order chi connectivity index (χ1) is 25.6. The Labute approximate surface area is 321 Å². The number of nitrogens with zero attached hydrogens (tertiary/aromatic N) is 6. The largest absolute Gasteiger partial charge is 0.508 e. The Morgan fingerprint density at radius 2 is 1.04 bits per heavy atom. The van der Waals surface area contributed by atoms with Crippen molar-refractivity contribution in [3.05, 3.63) is 113 Å². The van der Waals surface area contributed by atoms with Crippen molar-refractivity contribution in [2.45, 2.75) is 19.6 Å². The first-order valence-corrected chi connectivity index (χ1v) is 19.5. The highest BCUT2D eigenvalue weighted by Gasteiger charge is 2.28. The summed E-state index contributed by atoms with van der Waals surface area (Å²) in [7, 11) is -10.2. The summed E-state index contributed by atoms with van der Waals surface area (Å²) in [5, 5.41) is 44.4. The second-order valence-corrected chi connectivity index (χ2v) is 15.8. The summed E-state index contributed by atoms with van der Waals surface area (Å²) < 4.78 is 69.6. The number of anilines is 1. The zero-order valence-corrected chi connectivity index (χ0v) is 30.9. The fraction of sp³-hybridized carbons (Fsp3) is 0. The molecular formula is C34H23Cl2N7O8S3. The van der Waals surface area contributed by atoms with E-state index in [0.29, 0.717) is 11.4 Å². The first-order valence-electron chi connectivity index (χ1n) is 15.0. The Kier molecular flexibility index (Phi) is 11.0. The molecule has 6 rings (SSSR count). The van der Waals surface area contributed by atoms with Crippen molar-refractivity contribution in [2.75, 3.05) is 5.73 Å². The maximum atomic E-state index is 12.4. The smallest absolute Gasteiger partial charge is 0.296 e. The molecule has 15 nitrogen and oxygen atoms in total. The molecule has 0 aromatic heterocycles. The average molecular weight is 825 g/mol. The van der Waals surface area contributed by atoms with E-state index in [4.69, 9.17) is 28.9 Å². The summed E-state index contributed by atoms with van der Waals surface area (Å²) in [4.78, 5) is -0.136.